The molecule has 0 spiro atoms. The van der Waals surface area contributed by atoms with Gasteiger partial charge >= 0.3 is 24.7 Å². The quantitative estimate of drug-likeness (QED) is 0.264. The van der Waals surface area contributed by atoms with Crippen molar-refractivity contribution in [3.63, 3.8) is 0 Å². The summed E-state index contributed by atoms with van der Waals surface area (Å²) in [6, 6.07) is 0. The minimum Gasteiger partial charge on any atom is -0.322 e. The van der Waals surface area contributed by atoms with Crippen molar-refractivity contribution in [2.24, 2.45) is 0 Å². The Kier molecular flexibility index (Phi) is 12.1. The molecule has 1 rings (SSSR count). The SMILES string of the molecule is C[Si]1N(CCC(F)(F)F)[Si](C)N(CCC(F)(F)F)[Si](C)N(CCC(F)(F)F)[Si](C)N1CCC(F)(F)F. The van der Waals surface area contributed by atoms with Crippen molar-refractivity contribution in [2.45, 2.75) is 76.6 Å². The molecule has 1 heterocycles. The molecule has 0 saturated carbocycles. The zero-order valence-electron chi connectivity index (χ0n) is 20.0. The molecule has 0 atom stereocenters. The lowest BCUT2D eigenvalue weighted by Gasteiger charge is -2.53. The van der Waals surface area contributed by atoms with Crippen LogP contribution in [0, 0.1) is 0 Å². The molecule has 36 heavy (non-hydrogen) atoms. The normalized spacial score (nSPS) is 21.3. The first kappa shape index (κ1) is 33.9. The summed E-state index contributed by atoms with van der Waals surface area (Å²) in [6.07, 6.45) is -23.6. The molecule has 0 aromatic heterocycles. The third-order valence-electron chi connectivity index (χ3n) is 5.60. The van der Waals surface area contributed by atoms with Crippen molar-refractivity contribution >= 4 is 36.5 Å². The van der Waals surface area contributed by atoms with E-state index in [1.54, 1.807) is 0 Å². The second-order valence-corrected chi connectivity index (χ2v) is 18.7. The Morgan fingerprint density at radius 1 is 0.361 bits per heavy atom. The van der Waals surface area contributed by atoms with Crippen molar-refractivity contribution < 1.29 is 52.7 Å². The minimum absolute atomic E-state index is 0.600. The maximum atomic E-state index is 13.0. The summed E-state index contributed by atoms with van der Waals surface area (Å²) in [4.78, 5) is 0. The first-order valence-electron chi connectivity index (χ1n) is 10.7. The van der Waals surface area contributed by atoms with Crippen LogP contribution in [0.1, 0.15) is 25.7 Å². The van der Waals surface area contributed by atoms with E-state index in [2.05, 4.69) is 0 Å². The van der Waals surface area contributed by atoms with Crippen molar-refractivity contribution in [1.29, 1.82) is 0 Å². The first-order valence-corrected chi connectivity index (χ1v) is 18.3. The molecule has 0 amide bonds. The predicted octanol–water partition coefficient (Wildman–Crippen LogP) is 5.49. The van der Waals surface area contributed by atoms with Crippen LogP contribution in [0.3, 0.4) is 0 Å². The van der Waals surface area contributed by atoms with Gasteiger partial charge in [0.15, 0.2) is 0 Å². The van der Waals surface area contributed by atoms with Gasteiger partial charge in [-0.3, -0.25) is 0 Å². The number of rotatable bonds is 8. The fraction of sp³-hybridized carbons (Fsp3) is 1.00. The molecular weight excluding hydrogens is 589 g/mol. The van der Waals surface area contributed by atoms with Crippen LogP contribution in [0.25, 0.3) is 0 Å². The molecular formula is C16H28F12N4Si4. The van der Waals surface area contributed by atoms with Gasteiger partial charge < -0.3 is 16.9 Å². The van der Waals surface area contributed by atoms with E-state index < -0.39 is 113 Å². The standard InChI is InChI=1S/C16H28F12N4Si4/c1-33-29(9-5-13(17,18)19)34(2)31(11-7-15(23,24)25)36(4)32(12-8-16(26,27)28)35(3)30(33)10-6-14(20,21)22/h5-12H2,1-4H3. The lowest BCUT2D eigenvalue weighted by atomic mass is 10.4. The van der Waals surface area contributed by atoms with E-state index in [1.807, 2.05) is 0 Å². The number of halogens is 12. The third-order valence-corrected chi connectivity index (χ3v) is 21.4. The highest BCUT2D eigenvalue weighted by Crippen LogP contribution is 2.29. The highest BCUT2D eigenvalue weighted by atomic mass is 28.4. The van der Waals surface area contributed by atoms with Gasteiger partial charge in [-0.25, -0.2) is 0 Å². The predicted molar refractivity (Wildman–Crippen MR) is 116 cm³/mol. The summed E-state index contributed by atoms with van der Waals surface area (Å²) in [5.41, 5.74) is 0. The maximum absolute atomic E-state index is 13.0. The lowest BCUT2D eigenvalue weighted by Crippen LogP contribution is -2.75. The monoisotopic (exact) mass is 616 g/mol. The molecule has 0 aliphatic carbocycles. The zero-order chi connectivity index (χ0) is 28.3. The van der Waals surface area contributed by atoms with Gasteiger partial charge in [0.1, 0.15) is 0 Å². The Morgan fingerprint density at radius 2 is 0.500 bits per heavy atom. The molecule has 1 aliphatic heterocycles. The van der Waals surface area contributed by atoms with E-state index in [1.165, 1.54) is 43.1 Å². The molecule has 0 aromatic carbocycles. The molecule has 212 valence electrons. The van der Waals surface area contributed by atoms with E-state index in [0.717, 1.165) is 0 Å². The average Bonchev–Trinajstić information content (AvgIpc) is 2.64. The van der Waals surface area contributed by atoms with Crippen LogP contribution in [0.4, 0.5) is 52.7 Å². The van der Waals surface area contributed by atoms with Gasteiger partial charge in [0.05, 0.1) is 25.7 Å². The van der Waals surface area contributed by atoms with Gasteiger partial charge in [-0.1, -0.05) is 0 Å². The Hall–Kier alpha value is -0.132. The molecule has 4 nitrogen and oxygen atoms in total. The Labute approximate surface area is 209 Å². The van der Waals surface area contributed by atoms with Gasteiger partial charge in [0.2, 0.25) is 36.5 Å². The topological polar surface area (TPSA) is 13.0 Å². The van der Waals surface area contributed by atoms with Gasteiger partial charge in [-0.05, 0) is 52.4 Å². The van der Waals surface area contributed by atoms with Crippen LogP contribution in [-0.4, -0.2) is 104 Å². The molecule has 1 aliphatic rings. The fourth-order valence-corrected chi connectivity index (χ4v) is 20.0. The maximum Gasteiger partial charge on any atom is 0.390 e. The van der Waals surface area contributed by atoms with Crippen LogP contribution in [0.5, 0.6) is 0 Å². The number of hydrogen-bond acceptors (Lipinski definition) is 4. The second kappa shape index (κ2) is 12.8. The van der Waals surface area contributed by atoms with E-state index in [-0.39, 0.29) is 0 Å². The summed E-state index contributed by atoms with van der Waals surface area (Å²) in [6.45, 7) is 3.48. The van der Waals surface area contributed by atoms with Gasteiger partial charge in [0.25, 0.3) is 0 Å². The summed E-state index contributed by atoms with van der Waals surface area (Å²) in [5.74, 6) is 0. The van der Waals surface area contributed by atoms with Crippen molar-refractivity contribution in [2.75, 3.05) is 26.2 Å². The van der Waals surface area contributed by atoms with Gasteiger partial charge in [-0.15, -0.1) is 0 Å². The summed E-state index contributed by atoms with van der Waals surface area (Å²) < 4.78 is 162. The second-order valence-electron chi connectivity index (χ2n) is 8.26. The van der Waals surface area contributed by atoms with Gasteiger partial charge in [0, 0.05) is 0 Å². The van der Waals surface area contributed by atoms with E-state index in [0.29, 0.717) is 0 Å². The molecule has 0 N–H and O–H groups in total. The van der Waals surface area contributed by atoms with Crippen molar-refractivity contribution in [3.8, 4) is 0 Å². The highest BCUT2D eigenvalue weighted by molar-refractivity contribution is 6.85. The lowest BCUT2D eigenvalue weighted by molar-refractivity contribution is -0.135. The molecule has 1 saturated heterocycles. The fourth-order valence-electron chi connectivity index (χ4n) is 3.77. The van der Waals surface area contributed by atoms with Crippen LogP contribution in [0.2, 0.25) is 26.2 Å². The number of nitrogens with zero attached hydrogens (tertiary/aromatic N) is 4. The van der Waals surface area contributed by atoms with Gasteiger partial charge in [-0.2, -0.15) is 52.7 Å². The summed E-state index contributed by atoms with van der Waals surface area (Å²) in [5, 5.41) is 0. The van der Waals surface area contributed by atoms with Crippen LogP contribution >= 0.6 is 0 Å². The third kappa shape index (κ3) is 11.7. The molecule has 0 unspecified atom stereocenters. The van der Waals surface area contributed by atoms with Crippen LogP contribution < -0.4 is 0 Å². The van der Waals surface area contributed by atoms with Crippen molar-refractivity contribution in [3.05, 3.63) is 0 Å². The van der Waals surface area contributed by atoms with Crippen molar-refractivity contribution in [1.82, 2.24) is 16.9 Å². The highest BCUT2D eigenvalue weighted by Gasteiger charge is 2.47. The zero-order valence-corrected chi connectivity index (χ0v) is 24.0. The molecule has 20 heteroatoms. The largest absolute Gasteiger partial charge is 0.390 e. The van der Waals surface area contributed by atoms with E-state index >= 15 is 0 Å². The van der Waals surface area contributed by atoms with E-state index in [9.17, 15) is 52.7 Å². The number of alkyl halides is 12. The summed E-state index contributed by atoms with van der Waals surface area (Å²) in [7, 11) is -9.35. The Morgan fingerprint density at radius 3 is 0.611 bits per heavy atom. The molecule has 1 fully saturated rings. The van der Waals surface area contributed by atoms with Crippen LogP contribution in [-0.2, 0) is 0 Å². The molecule has 4 radical (unpaired) electrons. The minimum atomic E-state index is -4.60. The Bertz CT molecular complexity index is 547. The summed E-state index contributed by atoms with van der Waals surface area (Å²) >= 11 is 0. The number of hydrogen-bond donors (Lipinski definition) is 0. The Balaban J connectivity index is 3.48. The first-order chi connectivity index (χ1) is 16.0. The van der Waals surface area contributed by atoms with Crippen LogP contribution in [0.15, 0.2) is 0 Å². The molecule has 0 bridgehead atoms. The molecule has 0 aromatic rings. The average molecular weight is 617 g/mol. The van der Waals surface area contributed by atoms with E-state index in [4.69, 9.17) is 0 Å². The smallest absolute Gasteiger partial charge is 0.322 e.